The van der Waals surface area contributed by atoms with Crippen molar-refractivity contribution in [2.45, 2.75) is 51.5 Å². The van der Waals surface area contributed by atoms with Gasteiger partial charge in [0.25, 0.3) is 0 Å². The van der Waals surface area contributed by atoms with Gasteiger partial charge in [-0.15, -0.1) is 0 Å². The van der Waals surface area contributed by atoms with E-state index in [1.54, 1.807) is 0 Å². The van der Waals surface area contributed by atoms with Crippen LogP contribution in [-0.2, 0) is 9.53 Å². The summed E-state index contributed by atoms with van der Waals surface area (Å²) in [6, 6.07) is -0.386. The quantitative estimate of drug-likeness (QED) is 0.725. The SMILES string of the molecule is CCOC(=O)[C@@H](N)[C@H]1CCCC2(CC2)C1. The molecule has 0 aromatic carbocycles. The van der Waals surface area contributed by atoms with Crippen molar-refractivity contribution in [3.63, 3.8) is 0 Å². The summed E-state index contributed by atoms with van der Waals surface area (Å²) in [5, 5.41) is 0. The van der Waals surface area contributed by atoms with Gasteiger partial charge in [-0.2, -0.15) is 0 Å². The van der Waals surface area contributed by atoms with Gasteiger partial charge in [-0.3, -0.25) is 4.79 Å². The highest BCUT2D eigenvalue weighted by Gasteiger charge is 2.47. The summed E-state index contributed by atoms with van der Waals surface area (Å²) in [5.41, 5.74) is 6.53. The lowest BCUT2D eigenvalue weighted by molar-refractivity contribution is -0.146. The normalized spacial score (nSPS) is 29.9. The lowest BCUT2D eigenvalue weighted by Gasteiger charge is -2.31. The van der Waals surface area contributed by atoms with Gasteiger partial charge in [0, 0.05) is 0 Å². The van der Waals surface area contributed by atoms with E-state index >= 15 is 0 Å². The van der Waals surface area contributed by atoms with Crippen molar-refractivity contribution < 1.29 is 9.53 Å². The third-order valence-corrected chi connectivity index (χ3v) is 4.00. The van der Waals surface area contributed by atoms with Crippen molar-refractivity contribution >= 4 is 5.97 Å². The Balaban J connectivity index is 1.89. The number of carbonyl (C=O) groups excluding carboxylic acids is 1. The number of hydrogen-bond acceptors (Lipinski definition) is 3. The smallest absolute Gasteiger partial charge is 0.323 e. The van der Waals surface area contributed by atoms with Gasteiger partial charge in [0.2, 0.25) is 0 Å². The first-order valence-corrected chi connectivity index (χ1v) is 6.09. The Hall–Kier alpha value is -0.570. The van der Waals surface area contributed by atoms with Gasteiger partial charge in [-0.25, -0.2) is 0 Å². The fourth-order valence-electron chi connectivity index (χ4n) is 2.87. The highest BCUT2D eigenvalue weighted by molar-refractivity contribution is 5.75. The number of nitrogens with two attached hydrogens (primary N) is 1. The van der Waals surface area contributed by atoms with E-state index in [0.29, 0.717) is 17.9 Å². The molecule has 2 rings (SSSR count). The van der Waals surface area contributed by atoms with Gasteiger partial charge in [-0.1, -0.05) is 6.42 Å². The Bertz CT molecular complexity index is 248. The van der Waals surface area contributed by atoms with Gasteiger partial charge in [0.15, 0.2) is 0 Å². The molecule has 0 heterocycles. The molecule has 3 heteroatoms. The second-order valence-corrected chi connectivity index (χ2v) is 5.13. The molecule has 0 aliphatic heterocycles. The summed E-state index contributed by atoms with van der Waals surface area (Å²) in [7, 11) is 0. The Kier molecular flexibility index (Phi) is 3.01. The summed E-state index contributed by atoms with van der Waals surface area (Å²) < 4.78 is 4.98. The molecular weight excluding hydrogens is 190 g/mol. The monoisotopic (exact) mass is 211 g/mol. The Morgan fingerprint density at radius 3 is 2.87 bits per heavy atom. The third-order valence-electron chi connectivity index (χ3n) is 4.00. The summed E-state index contributed by atoms with van der Waals surface area (Å²) in [6.45, 7) is 2.26. The molecule has 0 bridgehead atoms. The van der Waals surface area contributed by atoms with Gasteiger partial charge >= 0.3 is 5.97 Å². The highest BCUT2D eigenvalue weighted by atomic mass is 16.5. The van der Waals surface area contributed by atoms with Crippen LogP contribution in [0.15, 0.2) is 0 Å². The number of carbonyl (C=O) groups is 1. The van der Waals surface area contributed by atoms with E-state index in [2.05, 4.69) is 0 Å². The standard InChI is InChI=1S/C12H21NO2/c1-2-15-11(14)10(13)9-4-3-5-12(8-9)6-7-12/h9-10H,2-8,13H2,1H3/t9-,10-/m0/s1. The minimum absolute atomic E-state index is 0.208. The number of rotatable bonds is 3. The lowest BCUT2D eigenvalue weighted by Crippen LogP contribution is -2.41. The highest BCUT2D eigenvalue weighted by Crippen LogP contribution is 2.57. The molecule has 0 radical (unpaired) electrons. The van der Waals surface area contributed by atoms with Crippen LogP contribution < -0.4 is 5.73 Å². The molecule has 2 N–H and O–H groups in total. The number of esters is 1. The van der Waals surface area contributed by atoms with Gasteiger partial charge < -0.3 is 10.5 Å². The van der Waals surface area contributed by atoms with Crippen molar-refractivity contribution in [3.05, 3.63) is 0 Å². The van der Waals surface area contributed by atoms with Crippen LogP contribution in [0.2, 0.25) is 0 Å². The van der Waals surface area contributed by atoms with Crippen LogP contribution in [0.25, 0.3) is 0 Å². The van der Waals surface area contributed by atoms with E-state index in [9.17, 15) is 4.79 Å². The van der Waals surface area contributed by atoms with Crippen LogP contribution in [0.3, 0.4) is 0 Å². The molecule has 0 amide bonds. The average molecular weight is 211 g/mol. The topological polar surface area (TPSA) is 52.3 Å². The molecule has 2 atom stereocenters. The minimum Gasteiger partial charge on any atom is -0.465 e. The van der Waals surface area contributed by atoms with E-state index in [-0.39, 0.29) is 12.0 Å². The molecule has 0 saturated heterocycles. The molecular formula is C12H21NO2. The third kappa shape index (κ3) is 2.33. The average Bonchev–Trinajstić information content (AvgIpc) is 2.97. The molecule has 1 spiro atoms. The summed E-state index contributed by atoms with van der Waals surface area (Å²) in [6.07, 6.45) is 7.52. The van der Waals surface area contributed by atoms with Crippen LogP contribution in [0.1, 0.15) is 45.4 Å². The lowest BCUT2D eigenvalue weighted by atomic mass is 9.76. The fourth-order valence-corrected chi connectivity index (χ4v) is 2.87. The van der Waals surface area contributed by atoms with Crippen LogP contribution in [0.4, 0.5) is 0 Å². The van der Waals surface area contributed by atoms with E-state index in [1.807, 2.05) is 6.92 Å². The van der Waals surface area contributed by atoms with Crippen molar-refractivity contribution in [3.8, 4) is 0 Å². The zero-order chi connectivity index (χ0) is 10.9. The number of ether oxygens (including phenoxy) is 1. The molecule has 3 nitrogen and oxygen atoms in total. The molecule has 15 heavy (non-hydrogen) atoms. The van der Waals surface area contributed by atoms with Crippen LogP contribution in [0.5, 0.6) is 0 Å². The summed E-state index contributed by atoms with van der Waals surface area (Å²) >= 11 is 0. The maximum absolute atomic E-state index is 11.5. The van der Waals surface area contributed by atoms with Crippen molar-refractivity contribution in [1.29, 1.82) is 0 Å². The van der Waals surface area contributed by atoms with E-state index in [1.165, 1.54) is 25.7 Å². The van der Waals surface area contributed by atoms with Crippen molar-refractivity contribution in [1.82, 2.24) is 0 Å². The predicted octanol–water partition coefficient (Wildman–Crippen LogP) is 1.85. The first kappa shape index (κ1) is 10.9. The Morgan fingerprint density at radius 1 is 1.53 bits per heavy atom. The largest absolute Gasteiger partial charge is 0.465 e. The van der Waals surface area contributed by atoms with Crippen molar-refractivity contribution in [2.24, 2.45) is 17.1 Å². The predicted molar refractivity (Wildman–Crippen MR) is 58.2 cm³/mol. The van der Waals surface area contributed by atoms with Crippen LogP contribution in [-0.4, -0.2) is 18.6 Å². The molecule has 0 aromatic heterocycles. The second kappa shape index (κ2) is 4.12. The molecule has 86 valence electrons. The second-order valence-electron chi connectivity index (χ2n) is 5.13. The molecule has 2 aliphatic rings. The van der Waals surface area contributed by atoms with Crippen LogP contribution in [0, 0.1) is 11.3 Å². The first-order chi connectivity index (χ1) is 7.17. The van der Waals surface area contributed by atoms with Crippen LogP contribution >= 0.6 is 0 Å². The molecule has 2 fully saturated rings. The zero-order valence-corrected chi connectivity index (χ0v) is 9.50. The molecule has 0 unspecified atom stereocenters. The minimum atomic E-state index is -0.386. The molecule has 2 aliphatic carbocycles. The first-order valence-electron chi connectivity index (χ1n) is 6.09. The summed E-state index contributed by atoms with van der Waals surface area (Å²) in [4.78, 5) is 11.5. The van der Waals surface area contributed by atoms with Gasteiger partial charge in [0.05, 0.1) is 6.61 Å². The number of hydrogen-bond donors (Lipinski definition) is 1. The Labute approximate surface area is 91.4 Å². The zero-order valence-electron chi connectivity index (χ0n) is 9.50. The fraction of sp³-hybridized carbons (Fsp3) is 0.917. The molecule has 0 aromatic rings. The van der Waals surface area contributed by atoms with Gasteiger partial charge in [0.1, 0.15) is 6.04 Å². The Morgan fingerprint density at radius 2 is 2.27 bits per heavy atom. The van der Waals surface area contributed by atoms with Gasteiger partial charge in [-0.05, 0) is 50.4 Å². The maximum Gasteiger partial charge on any atom is 0.323 e. The molecule has 2 saturated carbocycles. The van der Waals surface area contributed by atoms with E-state index < -0.39 is 0 Å². The summed E-state index contributed by atoms with van der Waals surface area (Å²) in [5.74, 6) is 0.153. The van der Waals surface area contributed by atoms with Crippen molar-refractivity contribution in [2.75, 3.05) is 6.61 Å². The van der Waals surface area contributed by atoms with E-state index in [0.717, 1.165) is 12.8 Å². The maximum atomic E-state index is 11.5. The van der Waals surface area contributed by atoms with E-state index in [4.69, 9.17) is 10.5 Å².